The summed E-state index contributed by atoms with van der Waals surface area (Å²) in [5, 5.41) is 0. The molecule has 2 aromatic heterocycles. The third kappa shape index (κ3) is 3.75. The standard InChI is InChI=1S/C23H27N5O3/c29-21-17-14-27(22(30)16-7-4-10-24-13-16)12-9-18(17)25-20(26-21)19-8-1-2-11-28(19)23(31)15-5-3-6-15/h4,7,10,13,15,19H,1-3,5-6,8-9,11-12,14H2,(H,25,26,29). The largest absolute Gasteiger partial charge is 0.334 e. The molecule has 1 unspecified atom stereocenters. The molecule has 5 rings (SSSR count). The molecule has 0 radical (unpaired) electrons. The van der Waals surface area contributed by atoms with Gasteiger partial charge in [-0.15, -0.1) is 0 Å². The van der Waals surface area contributed by atoms with Crippen molar-refractivity contribution in [1.29, 1.82) is 0 Å². The van der Waals surface area contributed by atoms with E-state index in [4.69, 9.17) is 4.98 Å². The lowest BCUT2D eigenvalue weighted by molar-refractivity contribution is -0.142. The molecule has 0 aromatic carbocycles. The number of likely N-dealkylation sites (tertiary alicyclic amines) is 1. The summed E-state index contributed by atoms with van der Waals surface area (Å²) in [5.74, 6) is 0.816. The Bertz CT molecular complexity index is 1050. The minimum atomic E-state index is -0.203. The first-order chi connectivity index (χ1) is 15.1. The predicted molar refractivity (Wildman–Crippen MR) is 113 cm³/mol. The Kier molecular flexibility index (Phi) is 5.29. The summed E-state index contributed by atoms with van der Waals surface area (Å²) in [5.41, 5.74) is 1.60. The van der Waals surface area contributed by atoms with Crippen LogP contribution in [0.1, 0.15) is 72.0 Å². The van der Waals surface area contributed by atoms with Crippen molar-refractivity contribution in [3.63, 3.8) is 0 Å². The molecule has 1 aliphatic carbocycles. The number of amides is 2. The summed E-state index contributed by atoms with van der Waals surface area (Å²) < 4.78 is 0. The molecule has 1 saturated heterocycles. The summed E-state index contributed by atoms with van der Waals surface area (Å²) in [6.07, 6.45) is 9.60. The van der Waals surface area contributed by atoms with Crippen LogP contribution in [0, 0.1) is 5.92 Å². The van der Waals surface area contributed by atoms with Gasteiger partial charge < -0.3 is 14.8 Å². The third-order valence-electron chi connectivity index (χ3n) is 6.84. The van der Waals surface area contributed by atoms with Gasteiger partial charge in [-0.25, -0.2) is 4.98 Å². The average molecular weight is 422 g/mol. The highest BCUT2D eigenvalue weighted by Gasteiger charge is 2.36. The van der Waals surface area contributed by atoms with E-state index in [2.05, 4.69) is 9.97 Å². The van der Waals surface area contributed by atoms with Gasteiger partial charge in [0.1, 0.15) is 5.82 Å². The number of H-pyrrole nitrogens is 1. The molecular formula is C23H27N5O3. The van der Waals surface area contributed by atoms with E-state index in [0.717, 1.165) is 50.8 Å². The number of hydrogen-bond donors (Lipinski definition) is 1. The van der Waals surface area contributed by atoms with E-state index in [1.165, 1.54) is 0 Å². The van der Waals surface area contributed by atoms with E-state index in [1.807, 2.05) is 4.90 Å². The van der Waals surface area contributed by atoms with Crippen molar-refractivity contribution < 1.29 is 9.59 Å². The molecule has 3 aliphatic rings. The van der Waals surface area contributed by atoms with Gasteiger partial charge in [0.25, 0.3) is 11.5 Å². The number of aromatic amines is 1. The Morgan fingerprint density at radius 3 is 2.71 bits per heavy atom. The maximum absolute atomic E-state index is 13.0. The van der Waals surface area contributed by atoms with Crippen molar-refractivity contribution in [3.05, 3.63) is 57.5 Å². The van der Waals surface area contributed by atoms with Crippen LogP contribution in [0.15, 0.2) is 29.3 Å². The third-order valence-corrected chi connectivity index (χ3v) is 6.84. The van der Waals surface area contributed by atoms with Crippen molar-refractivity contribution in [2.75, 3.05) is 13.1 Å². The lowest BCUT2D eigenvalue weighted by atomic mass is 9.83. The minimum Gasteiger partial charge on any atom is -0.334 e. The molecule has 2 fully saturated rings. The van der Waals surface area contributed by atoms with Crippen LogP contribution in [0.4, 0.5) is 0 Å². The Hall–Kier alpha value is -3.03. The van der Waals surface area contributed by atoms with Crippen molar-refractivity contribution in [2.45, 2.75) is 57.5 Å². The zero-order valence-electron chi connectivity index (χ0n) is 17.5. The van der Waals surface area contributed by atoms with Crippen LogP contribution in [0.3, 0.4) is 0 Å². The van der Waals surface area contributed by atoms with Crippen LogP contribution < -0.4 is 5.56 Å². The summed E-state index contributed by atoms with van der Waals surface area (Å²) in [6.45, 7) is 1.47. The second kappa shape index (κ2) is 8.24. The molecule has 8 nitrogen and oxygen atoms in total. The summed E-state index contributed by atoms with van der Waals surface area (Å²) in [4.78, 5) is 54.0. The number of carbonyl (C=O) groups is 2. The number of pyridine rings is 1. The predicted octanol–water partition coefficient (Wildman–Crippen LogP) is 2.22. The minimum absolute atomic E-state index is 0.133. The van der Waals surface area contributed by atoms with Crippen molar-refractivity contribution >= 4 is 11.8 Å². The van der Waals surface area contributed by atoms with Crippen LogP contribution in [0.2, 0.25) is 0 Å². The van der Waals surface area contributed by atoms with Gasteiger partial charge in [-0.3, -0.25) is 19.4 Å². The number of nitrogens with zero attached hydrogens (tertiary/aromatic N) is 4. The van der Waals surface area contributed by atoms with E-state index in [1.54, 1.807) is 29.4 Å². The van der Waals surface area contributed by atoms with Gasteiger partial charge in [-0.1, -0.05) is 6.42 Å². The Balaban J connectivity index is 1.39. The summed E-state index contributed by atoms with van der Waals surface area (Å²) in [7, 11) is 0. The number of piperidine rings is 1. The summed E-state index contributed by atoms with van der Waals surface area (Å²) >= 11 is 0. The molecule has 2 aliphatic heterocycles. The molecule has 1 atom stereocenters. The molecule has 0 bridgehead atoms. The Morgan fingerprint density at radius 1 is 1.10 bits per heavy atom. The van der Waals surface area contributed by atoms with E-state index < -0.39 is 0 Å². The lowest BCUT2D eigenvalue weighted by Crippen LogP contribution is -2.45. The zero-order valence-corrected chi connectivity index (χ0v) is 17.5. The van der Waals surface area contributed by atoms with Crippen molar-refractivity contribution in [2.24, 2.45) is 5.92 Å². The molecule has 31 heavy (non-hydrogen) atoms. The van der Waals surface area contributed by atoms with E-state index in [9.17, 15) is 14.4 Å². The number of nitrogens with one attached hydrogen (secondary N) is 1. The zero-order chi connectivity index (χ0) is 21.4. The molecule has 4 heterocycles. The first kappa shape index (κ1) is 19.9. The first-order valence-corrected chi connectivity index (χ1v) is 11.2. The maximum Gasteiger partial charge on any atom is 0.256 e. The van der Waals surface area contributed by atoms with Crippen LogP contribution in [-0.2, 0) is 17.8 Å². The Labute approximate surface area is 180 Å². The second-order valence-corrected chi connectivity index (χ2v) is 8.77. The molecule has 0 spiro atoms. The van der Waals surface area contributed by atoms with E-state index in [-0.39, 0.29) is 35.9 Å². The molecule has 2 aromatic rings. The van der Waals surface area contributed by atoms with Crippen molar-refractivity contribution in [1.82, 2.24) is 24.8 Å². The van der Waals surface area contributed by atoms with Crippen LogP contribution >= 0.6 is 0 Å². The molecule has 8 heteroatoms. The molecule has 2 amide bonds. The fourth-order valence-corrected chi connectivity index (χ4v) is 4.82. The van der Waals surface area contributed by atoms with Gasteiger partial charge in [-0.05, 0) is 44.2 Å². The lowest BCUT2D eigenvalue weighted by Gasteiger charge is -2.39. The highest BCUT2D eigenvalue weighted by molar-refractivity contribution is 5.94. The number of fused-ring (bicyclic) bond motifs is 1. The van der Waals surface area contributed by atoms with Crippen LogP contribution in [0.25, 0.3) is 0 Å². The van der Waals surface area contributed by atoms with E-state index >= 15 is 0 Å². The normalized spacial score (nSPS) is 21.4. The summed E-state index contributed by atoms with van der Waals surface area (Å²) in [6, 6.07) is 3.30. The topological polar surface area (TPSA) is 99.3 Å². The fraction of sp³-hybridized carbons (Fsp3) is 0.522. The van der Waals surface area contributed by atoms with Crippen molar-refractivity contribution in [3.8, 4) is 0 Å². The monoisotopic (exact) mass is 421 g/mol. The van der Waals surface area contributed by atoms with Gasteiger partial charge in [0.2, 0.25) is 5.91 Å². The quantitative estimate of drug-likeness (QED) is 0.819. The van der Waals surface area contributed by atoms with Gasteiger partial charge in [0, 0.05) is 37.8 Å². The Morgan fingerprint density at radius 2 is 1.97 bits per heavy atom. The van der Waals surface area contributed by atoms with Gasteiger partial charge in [0.05, 0.1) is 29.4 Å². The molecule has 1 saturated carbocycles. The molecule has 1 N–H and O–H groups in total. The highest BCUT2D eigenvalue weighted by Crippen LogP contribution is 2.35. The van der Waals surface area contributed by atoms with Gasteiger partial charge in [0.15, 0.2) is 0 Å². The van der Waals surface area contributed by atoms with E-state index in [0.29, 0.717) is 29.9 Å². The smallest absolute Gasteiger partial charge is 0.256 e. The first-order valence-electron chi connectivity index (χ1n) is 11.2. The van der Waals surface area contributed by atoms with Crippen LogP contribution in [0.5, 0.6) is 0 Å². The second-order valence-electron chi connectivity index (χ2n) is 8.77. The average Bonchev–Trinajstić information content (AvgIpc) is 2.77. The van der Waals surface area contributed by atoms with Gasteiger partial charge in [-0.2, -0.15) is 0 Å². The number of aromatic nitrogens is 3. The number of hydrogen-bond acceptors (Lipinski definition) is 5. The molecular weight excluding hydrogens is 394 g/mol. The number of carbonyl (C=O) groups excluding carboxylic acids is 2. The van der Waals surface area contributed by atoms with Crippen LogP contribution in [-0.4, -0.2) is 49.7 Å². The maximum atomic E-state index is 13.0. The highest BCUT2D eigenvalue weighted by atomic mass is 16.2. The number of rotatable bonds is 3. The SMILES string of the molecule is O=C(c1cccnc1)N1CCc2nc(C3CCCCN3C(=O)C3CCC3)[nH]c(=O)c2C1. The van der Waals surface area contributed by atoms with Gasteiger partial charge >= 0.3 is 0 Å². The molecule has 162 valence electrons. The fourth-order valence-electron chi connectivity index (χ4n) is 4.82.